The molecule has 0 radical (unpaired) electrons. The van der Waals surface area contributed by atoms with Crippen LogP contribution in [0.25, 0.3) is 50.0 Å². The third-order valence-corrected chi connectivity index (χ3v) is 9.48. The van der Waals surface area contributed by atoms with E-state index in [9.17, 15) is 0 Å². The van der Waals surface area contributed by atoms with Crippen LogP contribution in [-0.2, 0) is 19.4 Å². The number of aryl methyl sites for hydroxylation is 4. The normalized spacial score (nSPS) is 11.6. The summed E-state index contributed by atoms with van der Waals surface area (Å²) >= 11 is 2.43. The second kappa shape index (κ2) is 11.1. The summed E-state index contributed by atoms with van der Waals surface area (Å²) in [4.78, 5) is 4.67. The first kappa shape index (κ1) is 28.5. The van der Waals surface area contributed by atoms with Gasteiger partial charge in [-0.2, -0.15) is 0 Å². The van der Waals surface area contributed by atoms with E-state index in [-0.39, 0.29) is 0 Å². The van der Waals surface area contributed by atoms with Crippen molar-refractivity contribution < 1.29 is 24.1 Å². The van der Waals surface area contributed by atoms with Gasteiger partial charge in [-0.25, -0.2) is 0 Å². The van der Waals surface area contributed by atoms with E-state index in [0.29, 0.717) is 11.5 Å². The van der Waals surface area contributed by atoms with E-state index in [1.54, 1.807) is 0 Å². The molecule has 3 heterocycles. The number of hydrogen-bond acceptors (Lipinski definition) is 2. The molecule has 5 aromatic carbocycles. The monoisotopic (exact) mass is 777 g/mol. The summed E-state index contributed by atoms with van der Waals surface area (Å²) in [5, 5.41) is 2.27. The van der Waals surface area contributed by atoms with Crippen LogP contribution in [0.15, 0.2) is 109 Å². The van der Waals surface area contributed by atoms with Crippen LogP contribution in [0.5, 0.6) is 11.5 Å². The Morgan fingerprint density at radius 2 is 1.35 bits per heavy atom. The molecule has 0 amide bonds. The average molecular weight is 778 g/mol. The Hall–Kier alpha value is -4.99. The molecule has 6 heteroatoms. The van der Waals surface area contributed by atoms with Gasteiger partial charge in [0.25, 0.3) is 0 Å². The molecule has 8 aromatic rings. The first-order chi connectivity index (χ1) is 22.4. The van der Waals surface area contributed by atoms with E-state index in [1.807, 2.05) is 42.6 Å². The van der Waals surface area contributed by atoms with E-state index in [1.165, 1.54) is 33.3 Å². The number of imidazole rings is 1. The molecule has 0 unspecified atom stereocenters. The van der Waals surface area contributed by atoms with Crippen molar-refractivity contribution in [3.8, 4) is 28.7 Å². The van der Waals surface area contributed by atoms with Crippen molar-refractivity contribution in [2.75, 3.05) is 0 Å². The first-order valence-corrected chi connectivity index (χ1v) is 16.4. The average Bonchev–Trinajstić information content (AvgIpc) is 3.52. The third-order valence-electron chi connectivity index (χ3n) is 8.46. The molecule has 3 aromatic heterocycles. The maximum atomic E-state index is 6.49. The quantitative estimate of drug-likeness (QED) is 0.163. The van der Waals surface area contributed by atoms with Crippen LogP contribution >= 0.6 is 0 Å². The fourth-order valence-corrected chi connectivity index (χ4v) is 7.72. The summed E-state index contributed by atoms with van der Waals surface area (Å²) in [7, 11) is 0. The summed E-state index contributed by atoms with van der Waals surface area (Å²) in [6.45, 7) is 8.64. The van der Waals surface area contributed by atoms with E-state index < -0.39 is 0 Å². The molecule has 0 N–H and O–H groups in total. The van der Waals surface area contributed by atoms with Gasteiger partial charge in [0, 0.05) is 6.20 Å². The van der Waals surface area contributed by atoms with Crippen molar-refractivity contribution in [1.29, 1.82) is 0 Å². The van der Waals surface area contributed by atoms with Crippen molar-refractivity contribution in [1.82, 2.24) is 18.7 Å². The minimum absolute atomic E-state index is 0.616. The topological polar surface area (TPSA) is 36.9 Å². The first-order valence-electron chi connectivity index (χ1n) is 15.2. The molecular formula is C40H30N4OPt-2. The number of nitrogens with zero attached hydrogens (tertiary/aromatic N) is 4. The Balaban J connectivity index is 1.25. The van der Waals surface area contributed by atoms with Crippen LogP contribution in [0.4, 0.5) is 0 Å². The molecule has 0 aliphatic heterocycles. The van der Waals surface area contributed by atoms with Crippen LogP contribution in [0.2, 0.25) is 0 Å². The van der Waals surface area contributed by atoms with Crippen molar-refractivity contribution in [3.63, 3.8) is 0 Å². The number of aromatic nitrogens is 4. The molecule has 0 aliphatic rings. The Morgan fingerprint density at radius 3 is 2.11 bits per heavy atom. The third kappa shape index (κ3) is 4.66. The Bertz CT molecular complexity index is 2500. The predicted molar refractivity (Wildman–Crippen MR) is 181 cm³/mol. The van der Waals surface area contributed by atoms with Crippen LogP contribution in [0, 0.1) is 43.6 Å². The van der Waals surface area contributed by atoms with Crippen LogP contribution in [0.1, 0.15) is 22.3 Å². The van der Waals surface area contributed by atoms with E-state index in [0.717, 1.165) is 42.8 Å². The van der Waals surface area contributed by atoms with Gasteiger partial charge in [0.1, 0.15) is 0 Å². The number of pyridine rings is 1. The van der Waals surface area contributed by atoms with Crippen molar-refractivity contribution >= 4 is 32.8 Å². The molecule has 228 valence electrons. The molecule has 0 spiro atoms. The standard InChI is InChI=1S/C40H30N4O.Pt/c1-26-15-18-35-34(22-26)33-17-16-32(24-38(33)44(35)39-14-7-8-19-41-39)45-31-11-9-10-30(23-31)42-25-43(37-13-6-5-12-36(37)42)40-28(3)20-27(2)21-29(40)4;/h5-22H,1-4H3;/q-2;. The van der Waals surface area contributed by atoms with Crippen LogP contribution < -0.4 is 4.74 Å². The summed E-state index contributed by atoms with van der Waals surface area (Å²) in [5.74, 6) is 2.08. The van der Waals surface area contributed by atoms with E-state index in [4.69, 9.17) is 4.74 Å². The van der Waals surface area contributed by atoms with Crippen molar-refractivity contribution in [3.05, 3.63) is 148 Å². The maximum absolute atomic E-state index is 6.49. The molecular weight excluding hydrogens is 748 g/mol. The Morgan fingerprint density at radius 1 is 0.609 bits per heavy atom. The molecule has 0 bridgehead atoms. The van der Waals surface area contributed by atoms with Crippen LogP contribution in [-0.4, -0.2) is 18.7 Å². The van der Waals surface area contributed by atoms with Crippen LogP contribution in [0.3, 0.4) is 0 Å². The summed E-state index contributed by atoms with van der Waals surface area (Å²) in [5.41, 5.74) is 11.3. The number of ether oxygens (including phenoxy) is 1. The van der Waals surface area contributed by atoms with Crippen molar-refractivity contribution in [2.45, 2.75) is 27.7 Å². The minimum atomic E-state index is 0.616. The zero-order valence-electron chi connectivity index (χ0n) is 25.9. The van der Waals surface area contributed by atoms with Gasteiger partial charge in [-0.05, 0) is 13.0 Å². The number of para-hydroxylation sites is 2. The second-order valence-corrected chi connectivity index (χ2v) is 12.8. The number of rotatable bonds is 5. The predicted octanol–water partition coefficient (Wildman–Crippen LogP) is 9.62. The SMILES string of the molecule is Cc1cc(C)c(-n2[c](=[Pt])n(-c3[c-]c(Oc4[c-]c5c(cc4)c4cc(C)ccc4n5-c4ccccn4)ccc3)c3ccccc32)c(C)c1. The Kier molecular flexibility index (Phi) is 6.88. The fourth-order valence-electron chi connectivity index (χ4n) is 6.65. The molecule has 0 fully saturated rings. The molecule has 46 heavy (non-hydrogen) atoms. The van der Waals surface area contributed by atoms with E-state index >= 15 is 0 Å². The fraction of sp³-hybridized carbons (Fsp3) is 0.100. The van der Waals surface area contributed by atoms with Gasteiger partial charge < -0.3 is 0 Å². The number of fused-ring (bicyclic) bond motifs is 4. The number of benzene rings is 5. The van der Waals surface area contributed by atoms with Gasteiger partial charge in [-0.1, -0.05) is 17.7 Å². The zero-order valence-corrected chi connectivity index (χ0v) is 28.2. The Labute approximate surface area is 278 Å². The van der Waals surface area contributed by atoms with Gasteiger partial charge in [0.05, 0.1) is 0 Å². The summed E-state index contributed by atoms with van der Waals surface area (Å²) in [6, 6.07) is 42.8. The van der Waals surface area contributed by atoms with Gasteiger partial charge in [0.2, 0.25) is 0 Å². The van der Waals surface area contributed by atoms with Gasteiger partial charge in [0.15, 0.2) is 0 Å². The molecule has 0 saturated carbocycles. The molecule has 0 aliphatic carbocycles. The van der Waals surface area contributed by atoms with Gasteiger partial charge in [-0.15, -0.1) is 0 Å². The molecule has 0 saturated heterocycles. The second-order valence-electron chi connectivity index (χ2n) is 11.8. The number of hydrogen-bond donors (Lipinski definition) is 0. The van der Waals surface area contributed by atoms with Gasteiger partial charge in [-0.3, -0.25) is 0 Å². The summed E-state index contributed by atoms with van der Waals surface area (Å²) in [6.07, 6.45) is 1.82. The molecule has 0 atom stereocenters. The van der Waals surface area contributed by atoms with E-state index in [2.05, 4.69) is 145 Å². The summed E-state index contributed by atoms with van der Waals surface area (Å²) < 4.78 is 14.3. The van der Waals surface area contributed by atoms with Gasteiger partial charge >= 0.3 is 243 Å². The van der Waals surface area contributed by atoms with Crippen molar-refractivity contribution in [2.24, 2.45) is 0 Å². The molecule has 8 rings (SSSR count). The molecule has 5 nitrogen and oxygen atoms in total. The zero-order chi connectivity index (χ0) is 31.5.